The molecule has 140 valence electrons. The Kier molecular flexibility index (Phi) is 10.5. The zero-order valence-electron chi connectivity index (χ0n) is 13.7. The lowest BCUT2D eigenvalue weighted by Gasteiger charge is -2.10. The molecule has 0 aromatic carbocycles. The molecule has 0 spiro atoms. The van der Waals surface area contributed by atoms with Crippen LogP contribution < -0.4 is 0 Å². The molecular weight excluding hydrogens is 336 g/mol. The van der Waals surface area contributed by atoms with E-state index in [-0.39, 0.29) is 50.0 Å². The number of aliphatic hydroxyl groups is 1. The van der Waals surface area contributed by atoms with Crippen molar-refractivity contribution in [1.29, 1.82) is 0 Å². The quantitative estimate of drug-likeness (QED) is 0.245. The zero-order valence-corrected chi connectivity index (χ0v) is 13.7. The second kappa shape index (κ2) is 11.8. The lowest BCUT2D eigenvalue weighted by molar-refractivity contribution is -0.160. The number of carboxylic acids is 2. The predicted octanol–water partition coefficient (Wildman–Crippen LogP) is 0.666. The number of esters is 2. The van der Waals surface area contributed by atoms with Crippen molar-refractivity contribution < 1.29 is 44.0 Å². The van der Waals surface area contributed by atoms with Gasteiger partial charge in [-0.3, -0.25) is 4.79 Å². The number of aliphatic hydroxyl groups excluding tert-OH is 1. The molecule has 0 bridgehead atoms. The van der Waals surface area contributed by atoms with Gasteiger partial charge in [0.05, 0.1) is 19.6 Å². The predicted molar refractivity (Wildman–Crippen MR) is 84.6 cm³/mol. The van der Waals surface area contributed by atoms with Crippen LogP contribution >= 0.6 is 0 Å². The first-order valence-corrected chi connectivity index (χ1v) is 7.47. The zero-order chi connectivity index (χ0) is 19.4. The topological polar surface area (TPSA) is 147 Å². The van der Waals surface area contributed by atoms with Crippen molar-refractivity contribution in [2.45, 2.75) is 38.2 Å². The fourth-order valence-electron chi connectivity index (χ4n) is 1.54. The Balaban J connectivity index is 3.89. The SMILES string of the molecule is C=C(CCCOC(=O)CC(O)C(=O)OCCCC(=C)C(=O)O)C(=O)O. The average Bonchev–Trinajstić information content (AvgIpc) is 2.54. The van der Waals surface area contributed by atoms with Gasteiger partial charge in [-0.25, -0.2) is 14.4 Å². The second-order valence-electron chi connectivity index (χ2n) is 5.13. The van der Waals surface area contributed by atoms with Gasteiger partial charge in [-0.15, -0.1) is 0 Å². The van der Waals surface area contributed by atoms with Crippen molar-refractivity contribution in [3.63, 3.8) is 0 Å². The highest BCUT2D eigenvalue weighted by atomic mass is 16.6. The summed E-state index contributed by atoms with van der Waals surface area (Å²) in [5.74, 6) is -4.11. The summed E-state index contributed by atoms with van der Waals surface area (Å²) in [6, 6.07) is 0. The van der Waals surface area contributed by atoms with Crippen LogP contribution in [-0.2, 0) is 28.7 Å². The monoisotopic (exact) mass is 358 g/mol. The van der Waals surface area contributed by atoms with E-state index >= 15 is 0 Å². The molecule has 0 fully saturated rings. The van der Waals surface area contributed by atoms with Crippen molar-refractivity contribution in [3.05, 3.63) is 24.3 Å². The summed E-state index contributed by atoms with van der Waals surface area (Å²) in [5.41, 5.74) is -0.0315. The molecule has 0 radical (unpaired) electrons. The van der Waals surface area contributed by atoms with Gasteiger partial charge in [0.15, 0.2) is 6.10 Å². The van der Waals surface area contributed by atoms with Gasteiger partial charge in [-0.1, -0.05) is 13.2 Å². The summed E-state index contributed by atoms with van der Waals surface area (Å²) in [6.45, 7) is 6.45. The van der Waals surface area contributed by atoms with E-state index in [0.29, 0.717) is 0 Å². The summed E-state index contributed by atoms with van der Waals surface area (Å²) in [5, 5.41) is 26.7. The smallest absolute Gasteiger partial charge is 0.335 e. The fourth-order valence-corrected chi connectivity index (χ4v) is 1.54. The van der Waals surface area contributed by atoms with Crippen molar-refractivity contribution in [1.82, 2.24) is 0 Å². The van der Waals surface area contributed by atoms with Crippen LogP contribution in [0.2, 0.25) is 0 Å². The molecule has 0 aliphatic rings. The van der Waals surface area contributed by atoms with E-state index in [0.717, 1.165) is 0 Å². The molecule has 0 aliphatic heterocycles. The van der Waals surface area contributed by atoms with E-state index in [1.165, 1.54) is 0 Å². The molecule has 1 atom stereocenters. The first-order chi connectivity index (χ1) is 11.6. The largest absolute Gasteiger partial charge is 0.478 e. The van der Waals surface area contributed by atoms with Gasteiger partial charge < -0.3 is 24.8 Å². The molecule has 0 aromatic rings. The van der Waals surface area contributed by atoms with Gasteiger partial charge in [-0.05, 0) is 25.7 Å². The minimum atomic E-state index is -1.69. The molecule has 1 unspecified atom stereocenters. The van der Waals surface area contributed by atoms with Gasteiger partial charge in [-0.2, -0.15) is 0 Å². The van der Waals surface area contributed by atoms with Gasteiger partial charge in [0.2, 0.25) is 0 Å². The Morgan fingerprint density at radius 3 is 1.72 bits per heavy atom. The van der Waals surface area contributed by atoms with Gasteiger partial charge in [0, 0.05) is 11.1 Å². The number of hydrogen-bond donors (Lipinski definition) is 3. The summed E-state index contributed by atoms with van der Waals surface area (Å²) in [4.78, 5) is 43.9. The second-order valence-corrected chi connectivity index (χ2v) is 5.13. The molecule has 0 amide bonds. The van der Waals surface area contributed by atoms with Crippen LogP contribution in [-0.4, -0.2) is 58.5 Å². The van der Waals surface area contributed by atoms with E-state index in [1.54, 1.807) is 0 Å². The minimum absolute atomic E-state index is 0.00904. The Morgan fingerprint density at radius 2 is 1.28 bits per heavy atom. The summed E-state index contributed by atoms with van der Waals surface area (Å²) in [7, 11) is 0. The van der Waals surface area contributed by atoms with Crippen molar-refractivity contribution in [3.8, 4) is 0 Å². The highest BCUT2D eigenvalue weighted by Crippen LogP contribution is 2.06. The molecule has 9 nitrogen and oxygen atoms in total. The van der Waals surface area contributed by atoms with Crippen LogP contribution in [0.5, 0.6) is 0 Å². The highest BCUT2D eigenvalue weighted by molar-refractivity contribution is 5.86. The normalized spacial score (nSPS) is 11.2. The number of aliphatic carboxylic acids is 2. The number of ether oxygens (including phenoxy) is 2. The van der Waals surface area contributed by atoms with Crippen LogP contribution in [0.25, 0.3) is 0 Å². The van der Waals surface area contributed by atoms with Crippen molar-refractivity contribution in [2.75, 3.05) is 13.2 Å². The molecule has 0 heterocycles. The maximum atomic E-state index is 11.5. The Hall–Kier alpha value is -2.68. The summed E-state index contributed by atoms with van der Waals surface area (Å²) < 4.78 is 9.47. The third-order valence-electron chi connectivity index (χ3n) is 2.99. The molecule has 9 heteroatoms. The average molecular weight is 358 g/mol. The first-order valence-electron chi connectivity index (χ1n) is 7.47. The van der Waals surface area contributed by atoms with Crippen LogP contribution in [0.1, 0.15) is 32.1 Å². The molecule has 0 aliphatic carbocycles. The number of carbonyl (C=O) groups excluding carboxylic acids is 2. The minimum Gasteiger partial charge on any atom is -0.478 e. The number of carboxylic acid groups (broad SMARTS) is 2. The van der Waals surface area contributed by atoms with Gasteiger partial charge >= 0.3 is 23.9 Å². The molecule has 3 N–H and O–H groups in total. The van der Waals surface area contributed by atoms with E-state index in [4.69, 9.17) is 19.7 Å². The molecule has 0 saturated carbocycles. The van der Waals surface area contributed by atoms with Crippen molar-refractivity contribution in [2.24, 2.45) is 0 Å². The summed E-state index contributed by atoms with van der Waals surface area (Å²) >= 11 is 0. The van der Waals surface area contributed by atoms with Gasteiger partial charge in [0.25, 0.3) is 0 Å². The molecular formula is C16H22O9. The molecule has 25 heavy (non-hydrogen) atoms. The van der Waals surface area contributed by atoms with Crippen LogP contribution in [0, 0.1) is 0 Å². The Morgan fingerprint density at radius 1 is 0.840 bits per heavy atom. The molecule has 0 rings (SSSR count). The van der Waals surface area contributed by atoms with Crippen LogP contribution in [0.4, 0.5) is 0 Å². The first kappa shape index (κ1) is 22.3. The maximum Gasteiger partial charge on any atom is 0.335 e. The third-order valence-corrected chi connectivity index (χ3v) is 2.99. The number of carbonyl (C=O) groups is 4. The summed E-state index contributed by atoms with van der Waals surface area (Å²) in [6.07, 6.45) is -1.53. The lowest BCUT2D eigenvalue weighted by Crippen LogP contribution is -2.27. The van der Waals surface area contributed by atoms with E-state index in [2.05, 4.69) is 13.2 Å². The molecule has 0 aromatic heterocycles. The number of rotatable bonds is 13. The van der Waals surface area contributed by atoms with E-state index in [1.807, 2.05) is 0 Å². The van der Waals surface area contributed by atoms with E-state index in [9.17, 15) is 24.3 Å². The van der Waals surface area contributed by atoms with Crippen LogP contribution in [0.3, 0.4) is 0 Å². The van der Waals surface area contributed by atoms with Crippen molar-refractivity contribution >= 4 is 23.9 Å². The standard InChI is InChI=1S/C16H22O9/c1-10(14(19)20)5-3-7-24-13(18)9-12(17)16(23)25-8-4-6-11(2)15(21)22/h12,17H,1-9H2,(H,19,20)(H,21,22). The molecule has 0 saturated heterocycles. The fraction of sp³-hybridized carbons (Fsp3) is 0.500. The third kappa shape index (κ3) is 10.7. The lowest BCUT2D eigenvalue weighted by atomic mass is 10.2. The Labute approximate surface area is 144 Å². The number of hydrogen-bond acceptors (Lipinski definition) is 7. The highest BCUT2D eigenvalue weighted by Gasteiger charge is 2.21. The maximum absolute atomic E-state index is 11.5. The van der Waals surface area contributed by atoms with Crippen LogP contribution in [0.15, 0.2) is 24.3 Å². The van der Waals surface area contributed by atoms with E-state index < -0.39 is 36.4 Å². The van der Waals surface area contributed by atoms with Gasteiger partial charge in [0.1, 0.15) is 0 Å². The Bertz CT molecular complexity index is 536.